The molecule has 0 saturated heterocycles. The van der Waals surface area contributed by atoms with Gasteiger partial charge in [0.2, 0.25) is 6.10 Å². The number of hydrogen-bond acceptors (Lipinski definition) is 6. The van der Waals surface area contributed by atoms with E-state index in [1.807, 2.05) is 6.07 Å². The number of fused-ring (bicyclic) bond motifs is 1. The summed E-state index contributed by atoms with van der Waals surface area (Å²) in [5, 5.41) is 8.96. The number of carbonyl (C=O) groups is 2. The van der Waals surface area contributed by atoms with Gasteiger partial charge in [0.05, 0.1) is 5.56 Å². The minimum absolute atomic E-state index is 0.0325. The number of nitriles is 1. The fraction of sp³-hybridized carbons (Fsp3) is 0.167. The minimum atomic E-state index is -0.884. The molecule has 26 heavy (non-hydrogen) atoms. The second kappa shape index (κ2) is 7.90. The van der Waals surface area contributed by atoms with Crippen molar-refractivity contribution in [1.29, 1.82) is 5.26 Å². The van der Waals surface area contributed by atoms with Crippen LogP contribution in [0.5, 0.6) is 17.2 Å². The van der Waals surface area contributed by atoms with Crippen molar-refractivity contribution < 1.29 is 23.8 Å². The number of hydrazine groups is 1. The van der Waals surface area contributed by atoms with Gasteiger partial charge in [0.25, 0.3) is 11.8 Å². The molecule has 132 valence electrons. The fourth-order valence-electron chi connectivity index (χ4n) is 2.22. The van der Waals surface area contributed by atoms with E-state index >= 15 is 0 Å². The summed E-state index contributed by atoms with van der Waals surface area (Å²) in [5.74, 6) is 0.178. The van der Waals surface area contributed by atoms with Crippen LogP contribution in [0.25, 0.3) is 0 Å². The number of nitrogens with zero attached hydrogens (tertiary/aromatic N) is 1. The topological polar surface area (TPSA) is 110 Å². The Labute approximate surface area is 149 Å². The Balaban J connectivity index is 1.46. The molecule has 3 rings (SSSR count). The lowest BCUT2D eigenvalue weighted by atomic mass is 10.2. The number of nitrogens with one attached hydrogen (secondary N) is 2. The Bertz CT molecular complexity index is 862. The first-order valence-corrected chi connectivity index (χ1v) is 7.76. The molecule has 2 aromatic rings. The minimum Gasteiger partial charge on any atom is -0.485 e. The van der Waals surface area contributed by atoms with Crippen LogP contribution < -0.4 is 25.1 Å². The Morgan fingerprint density at radius 1 is 1.12 bits per heavy atom. The smallest absolute Gasteiger partial charge is 0.283 e. The van der Waals surface area contributed by atoms with Gasteiger partial charge < -0.3 is 14.2 Å². The summed E-state index contributed by atoms with van der Waals surface area (Å²) in [4.78, 5) is 23.9. The molecule has 2 aromatic carbocycles. The summed E-state index contributed by atoms with van der Waals surface area (Å²) in [6.45, 7) is -0.325. The van der Waals surface area contributed by atoms with E-state index in [1.54, 1.807) is 48.5 Å². The zero-order valence-corrected chi connectivity index (χ0v) is 13.6. The quantitative estimate of drug-likeness (QED) is 0.791. The van der Waals surface area contributed by atoms with Crippen molar-refractivity contribution in [3.63, 3.8) is 0 Å². The highest BCUT2D eigenvalue weighted by Crippen LogP contribution is 2.30. The van der Waals surface area contributed by atoms with E-state index in [0.717, 1.165) is 0 Å². The van der Waals surface area contributed by atoms with Gasteiger partial charge in [-0.15, -0.1) is 0 Å². The molecule has 0 saturated carbocycles. The molecule has 0 aliphatic carbocycles. The van der Waals surface area contributed by atoms with E-state index in [9.17, 15) is 9.59 Å². The number of benzene rings is 2. The molecule has 0 fully saturated rings. The molecule has 1 heterocycles. The average molecular weight is 353 g/mol. The first-order valence-electron chi connectivity index (χ1n) is 7.76. The maximum atomic E-state index is 12.1. The standard InChI is InChI=1S/C18H15N3O5/c19-9-12-5-1-2-6-13(12)25-11-17(22)20-21-18(23)16-10-24-14-7-3-4-8-15(14)26-16/h1-8,16H,10-11H2,(H,20,22)(H,21,23)/t16-/m1/s1. The third-order valence-electron chi connectivity index (χ3n) is 3.49. The van der Waals surface area contributed by atoms with Gasteiger partial charge in [0.1, 0.15) is 18.4 Å². The van der Waals surface area contributed by atoms with Crippen LogP contribution in [-0.4, -0.2) is 31.1 Å². The lowest BCUT2D eigenvalue weighted by molar-refractivity contribution is -0.135. The molecule has 2 amide bonds. The maximum absolute atomic E-state index is 12.1. The van der Waals surface area contributed by atoms with Crippen LogP contribution in [0.1, 0.15) is 5.56 Å². The van der Waals surface area contributed by atoms with Crippen molar-refractivity contribution in [3.8, 4) is 23.3 Å². The second-order valence-electron chi connectivity index (χ2n) is 5.30. The number of rotatable bonds is 4. The number of amides is 2. The SMILES string of the molecule is N#Cc1ccccc1OCC(=O)NNC(=O)[C@H]1COc2ccccc2O1. The summed E-state index contributed by atoms with van der Waals surface area (Å²) in [5.41, 5.74) is 4.80. The van der Waals surface area contributed by atoms with Crippen molar-refractivity contribution in [1.82, 2.24) is 10.9 Å². The zero-order chi connectivity index (χ0) is 18.4. The summed E-state index contributed by atoms with van der Waals surface area (Å²) in [6.07, 6.45) is -0.884. The van der Waals surface area contributed by atoms with Crippen LogP contribution in [0.15, 0.2) is 48.5 Å². The lowest BCUT2D eigenvalue weighted by Gasteiger charge is -2.25. The van der Waals surface area contributed by atoms with E-state index in [2.05, 4.69) is 10.9 Å². The zero-order valence-electron chi connectivity index (χ0n) is 13.6. The molecule has 0 spiro atoms. The Morgan fingerprint density at radius 2 is 1.85 bits per heavy atom. The van der Waals surface area contributed by atoms with E-state index in [-0.39, 0.29) is 19.0 Å². The summed E-state index contributed by atoms with van der Waals surface area (Å²) in [6, 6.07) is 15.5. The highest BCUT2D eigenvalue weighted by molar-refractivity contribution is 5.85. The van der Waals surface area contributed by atoms with Crippen LogP contribution in [0, 0.1) is 11.3 Å². The van der Waals surface area contributed by atoms with E-state index in [1.165, 1.54) is 0 Å². The third-order valence-corrected chi connectivity index (χ3v) is 3.49. The number of para-hydroxylation sites is 3. The molecule has 1 atom stereocenters. The van der Waals surface area contributed by atoms with Crippen LogP contribution >= 0.6 is 0 Å². The monoisotopic (exact) mass is 353 g/mol. The van der Waals surface area contributed by atoms with Crippen LogP contribution in [0.3, 0.4) is 0 Å². The number of ether oxygens (including phenoxy) is 3. The van der Waals surface area contributed by atoms with Crippen LogP contribution in [-0.2, 0) is 9.59 Å². The van der Waals surface area contributed by atoms with Gasteiger partial charge in [0.15, 0.2) is 18.1 Å². The first-order chi connectivity index (χ1) is 12.7. The van der Waals surface area contributed by atoms with E-state index in [4.69, 9.17) is 19.5 Å². The first kappa shape index (κ1) is 17.1. The predicted molar refractivity (Wildman–Crippen MR) is 89.3 cm³/mol. The highest BCUT2D eigenvalue weighted by atomic mass is 16.6. The Kier molecular flexibility index (Phi) is 5.19. The maximum Gasteiger partial charge on any atom is 0.283 e. The molecule has 2 N–H and O–H groups in total. The summed E-state index contributed by atoms with van der Waals surface area (Å²) >= 11 is 0. The van der Waals surface area contributed by atoms with Crippen molar-refractivity contribution in [2.75, 3.05) is 13.2 Å². The average Bonchev–Trinajstić information content (AvgIpc) is 2.70. The van der Waals surface area contributed by atoms with E-state index in [0.29, 0.717) is 17.1 Å². The van der Waals surface area contributed by atoms with Gasteiger partial charge in [-0.05, 0) is 24.3 Å². The number of carbonyl (C=O) groups excluding carboxylic acids is 2. The van der Waals surface area contributed by atoms with Crippen molar-refractivity contribution >= 4 is 11.8 Å². The van der Waals surface area contributed by atoms with Crippen molar-refractivity contribution in [2.45, 2.75) is 6.10 Å². The van der Waals surface area contributed by atoms with Crippen molar-refractivity contribution in [2.24, 2.45) is 0 Å². The van der Waals surface area contributed by atoms with Gasteiger partial charge in [-0.3, -0.25) is 20.4 Å². The molecular formula is C18H15N3O5. The van der Waals surface area contributed by atoms with Gasteiger partial charge in [-0.25, -0.2) is 0 Å². The Morgan fingerprint density at radius 3 is 2.65 bits per heavy atom. The van der Waals surface area contributed by atoms with Gasteiger partial charge >= 0.3 is 0 Å². The molecule has 0 bridgehead atoms. The van der Waals surface area contributed by atoms with Gasteiger partial charge in [-0.1, -0.05) is 24.3 Å². The second-order valence-corrected chi connectivity index (χ2v) is 5.30. The third kappa shape index (κ3) is 4.02. The predicted octanol–water partition coefficient (Wildman–Crippen LogP) is 0.924. The number of hydrogen-bond donors (Lipinski definition) is 2. The molecule has 1 aliphatic rings. The largest absolute Gasteiger partial charge is 0.485 e. The summed E-state index contributed by atoms with van der Waals surface area (Å²) < 4.78 is 16.2. The van der Waals surface area contributed by atoms with Gasteiger partial charge in [0, 0.05) is 0 Å². The van der Waals surface area contributed by atoms with Crippen molar-refractivity contribution in [3.05, 3.63) is 54.1 Å². The fourth-order valence-corrected chi connectivity index (χ4v) is 2.22. The molecule has 8 nitrogen and oxygen atoms in total. The van der Waals surface area contributed by atoms with Gasteiger partial charge in [-0.2, -0.15) is 5.26 Å². The normalized spacial score (nSPS) is 14.7. The molecule has 0 radical (unpaired) electrons. The van der Waals surface area contributed by atoms with Crippen LogP contribution in [0.4, 0.5) is 0 Å². The molecule has 1 aliphatic heterocycles. The summed E-state index contributed by atoms with van der Waals surface area (Å²) in [7, 11) is 0. The lowest BCUT2D eigenvalue weighted by Crippen LogP contribution is -2.51. The molecular weight excluding hydrogens is 338 g/mol. The van der Waals surface area contributed by atoms with Crippen LogP contribution in [0.2, 0.25) is 0 Å². The molecule has 0 aromatic heterocycles. The molecule has 0 unspecified atom stereocenters. The Hall–Kier alpha value is -3.73. The van der Waals surface area contributed by atoms with E-state index < -0.39 is 17.9 Å². The molecule has 8 heteroatoms. The highest BCUT2D eigenvalue weighted by Gasteiger charge is 2.27.